The van der Waals surface area contributed by atoms with Gasteiger partial charge in [-0.3, -0.25) is 4.79 Å². The fourth-order valence-corrected chi connectivity index (χ4v) is 1.94. The second-order valence-corrected chi connectivity index (χ2v) is 4.88. The molecule has 0 aromatic rings. The van der Waals surface area contributed by atoms with Gasteiger partial charge in [0.1, 0.15) is 0 Å². The summed E-state index contributed by atoms with van der Waals surface area (Å²) in [6.45, 7) is 2.09. The van der Waals surface area contributed by atoms with E-state index in [4.69, 9.17) is 5.73 Å². The van der Waals surface area contributed by atoms with Crippen molar-refractivity contribution in [3.05, 3.63) is 0 Å². The zero-order valence-corrected chi connectivity index (χ0v) is 8.23. The third kappa shape index (κ3) is 1.70. The molecule has 2 aliphatic rings. The highest BCUT2D eigenvalue weighted by molar-refractivity contribution is 5.87. The van der Waals surface area contributed by atoms with E-state index in [9.17, 15) is 4.79 Å². The van der Waals surface area contributed by atoms with Crippen LogP contribution in [0, 0.1) is 0 Å². The van der Waals surface area contributed by atoms with Gasteiger partial charge >= 0.3 is 0 Å². The second-order valence-electron chi connectivity index (χ2n) is 4.88. The lowest BCUT2D eigenvalue weighted by Crippen LogP contribution is -2.54. The maximum absolute atomic E-state index is 11.8. The lowest BCUT2D eigenvalue weighted by molar-refractivity contribution is -0.127. The maximum Gasteiger partial charge on any atom is 0.240 e. The Kier molecular flexibility index (Phi) is 1.88. The van der Waals surface area contributed by atoms with E-state index in [1.54, 1.807) is 0 Å². The zero-order valence-electron chi connectivity index (χ0n) is 8.23. The van der Waals surface area contributed by atoms with Crippen molar-refractivity contribution >= 4 is 5.91 Å². The van der Waals surface area contributed by atoms with Crippen LogP contribution in [0.15, 0.2) is 0 Å². The molecule has 0 aromatic heterocycles. The summed E-state index contributed by atoms with van der Waals surface area (Å²) in [4.78, 5) is 11.8. The molecule has 0 atom stereocenters. The second kappa shape index (κ2) is 2.71. The average Bonchev–Trinajstić information content (AvgIpc) is 2.63. The number of carbonyl (C=O) groups excluding carboxylic acids is 1. The van der Waals surface area contributed by atoms with E-state index in [0.717, 1.165) is 38.5 Å². The Morgan fingerprint density at radius 1 is 1.23 bits per heavy atom. The molecular weight excluding hydrogens is 164 g/mol. The van der Waals surface area contributed by atoms with Gasteiger partial charge in [-0.15, -0.1) is 0 Å². The molecule has 3 N–H and O–H groups in total. The molecule has 0 aliphatic heterocycles. The molecule has 3 nitrogen and oxygen atoms in total. The molecule has 13 heavy (non-hydrogen) atoms. The first-order chi connectivity index (χ1) is 6.04. The molecule has 2 fully saturated rings. The fraction of sp³-hybridized carbons (Fsp3) is 0.900. The molecule has 0 aromatic carbocycles. The molecule has 0 unspecified atom stereocenters. The van der Waals surface area contributed by atoms with Crippen LogP contribution < -0.4 is 11.1 Å². The summed E-state index contributed by atoms with van der Waals surface area (Å²) in [6, 6.07) is 0. The lowest BCUT2D eigenvalue weighted by Gasteiger charge is -2.24. The third-order valence-electron chi connectivity index (χ3n) is 3.36. The van der Waals surface area contributed by atoms with Gasteiger partial charge in [0.25, 0.3) is 0 Å². The number of hydrogen-bond acceptors (Lipinski definition) is 2. The highest BCUT2D eigenvalue weighted by Gasteiger charge is 2.44. The van der Waals surface area contributed by atoms with Gasteiger partial charge in [-0.1, -0.05) is 12.8 Å². The average molecular weight is 182 g/mol. The summed E-state index contributed by atoms with van der Waals surface area (Å²) in [5.74, 6) is 0.0741. The Balaban J connectivity index is 1.95. The van der Waals surface area contributed by atoms with Crippen LogP contribution in [-0.2, 0) is 4.79 Å². The van der Waals surface area contributed by atoms with Crippen molar-refractivity contribution in [1.82, 2.24) is 5.32 Å². The smallest absolute Gasteiger partial charge is 0.240 e. The van der Waals surface area contributed by atoms with Gasteiger partial charge in [-0.05, 0) is 32.6 Å². The van der Waals surface area contributed by atoms with Gasteiger partial charge in [0, 0.05) is 5.54 Å². The topological polar surface area (TPSA) is 55.1 Å². The van der Waals surface area contributed by atoms with E-state index >= 15 is 0 Å². The Labute approximate surface area is 79.1 Å². The zero-order chi connectivity index (χ0) is 9.53. The molecular formula is C10H18N2O. The fourth-order valence-electron chi connectivity index (χ4n) is 1.94. The Bertz CT molecular complexity index is 227. The number of nitrogens with one attached hydrogen (secondary N) is 1. The standard InChI is InChI=1S/C10H18N2O/c1-9(6-7-9)12-8(13)10(11)4-2-3-5-10/h2-7,11H2,1H3,(H,12,13). The molecule has 2 rings (SSSR count). The van der Waals surface area contributed by atoms with Crippen LogP contribution in [0.25, 0.3) is 0 Å². The SMILES string of the molecule is CC1(NC(=O)C2(N)CCCC2)CC1. The molecule has 0 heterocycles. The number of nitrogens with two attached hydrogens (primary N) is 1. The van der Waals surface area contributed by atoms with Crippen LogP contribution in [0.1, 0.15) is 45.4 Å². The molecule has 3 heteroatoms. The third-order valence-corrected chi connectivity index (χ3v) is 3.36. The molecule has 0 radical (unpaired) electrons. The number of amides is 1. The van der Waals surface area contributed by atoms with E-state index in [2.05, 4.69) is 12.2 Å². The summed E-state index contributed by atoms with van der Waals surface area (Å²) >= 11 is 0. The van der Waals surface area contributed by atoms with E-state index in [1.807, 2.05) is 0 Å². The van der Waals surface area contributed by atoms with Crippen molar-refractivity contribution in [3.63, 3.8) is 0 Å². The molecule has 1 amide bonds. The summed E-state index contributed by atoms with van der Waals surface area (Å²) in [5, 5.41) is 3.05. The van der Waals surface area contributed by atoms with Crippen molar-refractivity contribution in [3.8, 4) is 0 Å². The van der Waals surface area contributed by atoms with Crippen molar-refractivity contribution in [1.29, 1.82) is 0 Å². The maximum atomic E-state index is 11.8. The minimum absolute atomic E-state index is 0.0741. The van der Waals surface area contributed by atoms with Crippen LogP contribution in [0.4, 0.5) is 0 Å². The Morgan fingerprint density at radius 2 is 1.77 bits per heavy atom. The van der Waals surface area contributed by atoms with Crippen molar-refractivity contribution in [2.45, 2.75) is 56.5 Å². The van der Waals surface area contributed by atoms with Gasteiger partial charge < -0.3 is 11.1 Å². The monoisotopic (exact) mass is 182 g/mol. The summed E-state index contributed by atoms with van der Waals surface area (Å²) in [7, 11) is 0. The van der Waals surface area contributed by atoms with Crippen LogP contribution >= 0.6 is 0 Å². The number of rotatable bonds is 2. The first-order valence-corrected chi connectivity index (χ1v) is 5.16. The number of carbonyl (C=O) groups is 1. The van der Waals surface area contributed by atoms with E-state index < -0.39 is 5.54 Å². The first-order valence-electron chi connectivity index (χ1n) is 5.16. The van der Waals surface area contributed by atoms with Crippen molar-refractivity contribution in [2.24, 2.45) is 5.73 Å². The van der Waals surface area contributed by atoms with Gasteiger partial charge in [0.15, 0.2) is 0 Å². The van der Waals surface area contributed by atoms with Crippen molar-refractivity contribution in [2.75, 3.05) is 0 Å². The number of hydrogen-bond donors (Lipinski definition) is 2. The summed E-state index contributed by atoms with van der Waals surface area (Å²) in [5.41, 5.74) is 5.55. The highest BCUT2D eigenvalue weighted by Crippen LogP contribution is 2.36. The minimum atomic E-state index is -0.550. The molecule has 0 bridgehead atoms. The molecule has 2 saturated carbocycles. The van der Waals surface area contributed by atoms with Crippen LogP contribution in [0.3, 0.4) is 0 Å². The minimum Gasteiger partial charge on any atom is -0.349 e. The largest absolute Gasteiger partial charge is 0.349 e. The van der Waals surface area contributed by atoms with E-state index in [-0.39, 0.29) is 11.4 Å². The Hall–Kier alpha value is -0.570. The van der Waals surface area contributed by atoms with Crippen molar-refractivity contribution < 1.29 is 4.79 Å². The predicted octanol–water partition coefficient (Wildman–Crippen LogP) is 0.927. The van der Waals surface area contributed by atoms with Gasteiger partial charge in [-0.25, -0.2) is 0 Å². The van der Waals surface area contributed by atoms with Crippen LogP contribution in [0.2, 0.25) is 0 Å². The normalized spacial score (nSPS) is 28.5. The predicted molar refractivity (Wildman–Crippen MR) is 51.2 cm³/mol. The van der Waals surface area contributed by atoms with E-state index in [1.165, 1.54) is 0 Å². The van der Waals surface area contributed by atoms with Crippen LogP contribution in [0.5, 0.6) is 0 Å². The summed E-state index contributed by atoms with van der Waals surface area (Å²) < 4.78 is 0. The lowest BCUT2D eigenvalue weighted by atomic mass is 9.97. The van der Waals surface area contributed by atoms with Gasteiger partial charge in [0.05, 0.1) is 5.54 Å². The Morgan fingerprint density at radius 3 is 2.23 bits per heavy atom. The quantitative estimate of drug-likeness (QED) is 0.667. The van der Waals surface area contributed by atoms with Gasteiger partial charge in [0.2, 0.25) is 5.91 Å². The van der Waals surface area contributed by atoms with Gasteiger partial charge in [-0.2, -0.15) is 0 Å². The van der Waals surface area contributed by atoms with Crippen LogP contribution in [-0.4, -0.2) is 17.0 Å². The highest BCUT2D eigenvalue weighted by atomic mass is 16.2. The molecule has 0 saturated heterocycles. The van der Waals surface area contributed by atoms with E-state index in [0.29, 0.717) is 0 Å². The molecule has 0 spiro atoms. The molecule has 2 aliphatic carbocycles. The summed E-state index contributed by atoms with van der Waals surface area (Å²) in [6.07, 6.45) is 6.12. The molecule has 74 valence electrons. The first kappa shape index (κ1) is 9.00.